The average Bonchev–Trinajstić information content (AvgIpc) is 2.90. The molecule has 2 nitrogen and oxygen atoms in total. The van der Waals surface area contributed by atoms with E-state index in [9.17, 15) is 0 Å². The quantitative estimate of drug-likeness (QED) is 0.613. The molecule has 2 heterocycles. The highest BCUT2D eigenvalue weighted by atomic mass is 35.5. The van der Waals surface area contributed by atoms with Gasteiger partial charge in [0.05, 0.1) is 11.1 Å². The van der Waals surface area contributed by atoms with Gasteiger partial charge in [-0.2, -0.15) is 11.8 Å². The lowest BCUT2D eigenvalue weighted by molar-refractivity contribution is 1.08. The largest absolute Gasteiger partial charge is 0.221 e. The Morgan fingerprint density at radius 1 is 1.20 bits per heavy atom. The Hall–Kier alpha value is -1.10. The number of aromatic nitrogens is 2. The van der Waals surface area contributed by atoms with Gasteiger partial charge >= 0.3 is 0 Å². The summed E-state index contributed by atoms with van der Waals surface area (Å²) in [5, 5.41) is 3.63. The van der Waals surface area contributed by atoms with Gasteiger partial charge in [-0.05, 0) is 11.3 Å². The highest BCUT2D eigenvalue weighted by Gasteiger charge is 2.13. The summed E-state index contributed by atoms with van der Waals surface area (Å²) in [7, 11) is 0. The topological polar surface area (TPSA) is 25.8 Å². The number of hydrogen-bond donors (Lipinski definition) is 0. The smallest absolute Gasteiger partial charge is 0.142 e. The van der Waals surface area contributed by atoms with Crippen molar-refractivity contribution in [3.63, 3.8) is 0 Å². The fraction of sp³-hybridized carbons (Fsp3) is 0.200. The first-order chi connectivity index (χ1) is 9.79. The van der Waals surface area contributed by atoms with Gasteiger partial charge in [0.25, 0.3) is 0 Å². The summed E-state index contributed by atoms with van der Waals surface area (Å²) in [5.41, 5.74) is 2.27. The fourth-order valence-electron chi connectivity index (χ4n) is 2.03. The van der Waals surface area contributed by atoms with Crippen molar-refractivity contribution in [3.8, 4) is 11.1 Å². The summed E-state index contributed by atoms with van der Waals surface area (Å²) in [6.07, 6.45) is 0. The van der Waals surface area contributed by atoms with Crippen LogP contribution in [0.15, 0.2) is 35.7 Å². The molecule has 102 valence electrons. The van der Waals surface area contributed by atoms with Crippen LogP contribution in [0.4, 0.5) is 0 Å². The van der Waals surface area contributed by atoms with Crippen molar-refractivity contribution in [2.75, 3.05) is 5.75 Å². The molecule has 0 fully saturated rings. The molecule has 2 aromatic heterocycles. The number of thiophene rings is 1. The number of halogens is 1. The Balaban J connectivity index is 2.09. The molecule has 0 atom stereocenters. The van der Waals surface area contributed by atoms with E-state index in [2.05, 4.69) is 34.4 Å². The van der Waals surface area contributed by atoms with E-state index in [1.165, 1.54) is 0 Å². The zero-order valence-electron chi connectivity index (χ0n) is 11.0. The van der Waals surface area contributed by atoms with Gasteiger partial charge in [-0.25, -0.2) is 9.97 Å². The predicted molar refractivity (Wildman–Crippen MR) is 89.7 cm³/mol. The number of thioether (sulfide) groups is 1. The maximum atomic E-state index is 6.38. The van der Waals surface area contributed by atoms with Gasteiger partial charge in [0.15, 0.2) is 0 Å². The van der Waals surface area contributed by atoms with Crippen LogP contribution in [0.2, 0.25) is 5.15 Å². The van der Waals surface area contributed by atoms with Crippen molar-refractivity contribution in [2.24, 2.45) is 0 Å². The van der Waals surface area contributed by atoms with Gasteiger partial charge in [-0.1, -0.05) is 48.9 Å². The molecule has 0 N–H and O–H groups in total. The summed E-state index contributed by atoms with van der Waals surface area (Å²) in [6, 6.07) is 10.2. The highest BCUT2D eigenvalue weighted by molar-refractivity contribution is 7.98. The van der Waals surface area contributed by atoms with Crippen molar-refractivity contribution in [1.82, 2.24) is 9.97 Å². The Bertz CT molecular complexity index is 725. The van der Waals surface area contributed by atoms with Crippen molar-refractivity contribution >= 4 is 44.9 Å². The minimum atomic E-state index is 0.557. The van der Waals surface area contributed by atoms with Crippen molar-refractivity contribution in [2.45, 2.75) is 12.7 Å². The Morgan fingerprint density at radius 2 is 2.00 bits per heavy atom. The molecule has 0 aliphatic heterocycles. The Labute approximate surface area is 131 Å². The summed E-state index contributed by atoms with van der Waals surface area (Å²) >= 11 is 9.81. The molecule has 0 unspecified atom stereocenters. The molecule has 3 aromatic rings. The number of nitrogens with zero attached hydrogens (tertiary/aromatic N) is 2. The SMILES string of the molecule is CCSCc1nc(Cl)c2c(-c3ccccc3)csc2n1. The van der Waals surface area contributed by atoms with E-state index in [0.717, 1.165) is 38.7 Å². The standard InChI is InChI=1S/C15H13ClN2S2/c1-2-19-9-12-17-14(16)13-11(8-20-15(13)18-12)10-6-4-3-5-7-10/h3-8H,2,9H2,1H3. The lowest BCUT2D eigenvalue weighted by atomic mass is 10.1. The molecule has 0 saturated carbocycles. The first-order valence-electron chi connectivity index (χ1n) is 6.36. The summed E-state index contributed by atoms with van der Waals surface area (Å²) in [5.74, 6) is 2.68. The number of rotatable bonds is 4. The number of fused-ring (bicyclic) bond motifs is 1. The van der Waals surface area contributed by atoms with Gasteiger partial charge in [0, 0.05) is 10.9 Å². The molecule has 3 rings (SSSR count). The van der Waals surface area contributed by atoms with Gasteiger partial charge in [-0.3, -0.25) is 0 Å². The summed E-state index contributed by atoms with van der Waals surface area (Å²) in [4.78, 5) is 10.0. The minimum Gasteiger partial charge on any atom is -0.221 e. The van der Waals surface area contributed by atoms with Gasteiger partial charge in [-0.15, -0.1) is 11.3 Å². The monoisotopic (exact) mass is 320 g/mol. The van der Waals surface area contributed by atoms with Crippen molar-refractivity contribution in [1.29, 1.82) is 0 Å². The second-order valence-electron chi connectivity index (χ2n) is 4.26. The normalized spacial score (nSPS) is 11.1. The van der Waals surface area contributed by atoms with Crippen LogP contribution >= 0.6 is 34.7 Å². The summed E-state index contributed by atoms with van der Waals surface area (Å²) < 4.78 is 0. The van der Waals surface area contributed by atoms with E-state index < -0.39 is 0 Å². The van der Waals surface area contributed by atoms with Crippen LogP contribution < -0.4 is 0 Å². The van der Waals surface area contributed by atoms with Crippen molar-refractivity contribution in [3.05, 3.63) is 46.7 Å². The molecule has 0 aliphatic rings. The second kappa shape index (κ2) is 6.12. The molecule has 0 aliphatic carbocycles. The molecule has 1 aromatic carbocycles. The van der Waals surface area contributed by atoms with Crippen LogP contribution in [0.3, 0.4) is 0 Å². The van der Waals surface area contributed by atoms with Crippen LogP contribution in [-0.2, 0) is 5.75 Å². The molecule has 0 radical (unpaired) electrons. The van der Waals surface area contributed by atoms with Gasteiger partial charge < -0.3 is 0 Å². The molecule has 0 saturated heterocycles. The Morgan fingerprint density at radius 3 is 2.75 bits per heavy atom. The summed E-state index contributed by atoms with van der Waals surface area (Å²) in [6.45, 7) is 2.13. The third-order valence-electron chi connectivity index (χ3n) is 2.96. The highest BCUT2D eigenvalue weighted by Crippen LogP contribution is 2.36. The van der Waals surface area contributed by atoms with Crippen LogP contribution in [0.25, 0.3) is 21.3 Å². The zero-order chi connectivity index (χ0) is 13.9. The Kier molecular flexibility index (Phi) is 4.24. The van der Waals surface area contributed by atoms with Gasteiger partial charge in [0.2, 0.25) is 0 Å². The maximum Gasteiger partial charge on any atom is 0.142 e. The second-order valence-corrected chi connectivity index (χ2v) is 6.75. The van der Waals surface area contributed by atoms with E-state index in [1.54, 1.807) is 23.1 Å². The third kappa shape index (κ3) is 2.68. The molecule has 5 heteroatoms. The van der Waals surface area contributed by atoms with E-state index in [-0.39, 0.29) is 0 Å². The first kappa shape index (κ1) is 13.9. The number of hydrogen-bond acceptors (Lipinski definition) is 4. The van der Waals surface area contributed by atoms with Crippen molar-refractivity contribution < 1.29 is 0 Å². The lowest BCUT2D eigenvalue weighted by Gasteiger charge is -2.03. The molecular weight excluding hydrogens is 308 g/mol. The molecule has 20 heavy (non-hydrogen) atoms. The molecule has 0 amide bonds. The first-order valence-corrected chi connectivity index (χ1v) is 8.77. The van der Waals surface area contributed by atoms with E-state index in [4.69, 9.17) is 11.6 Å². The molecule has 0 bridgehead atoms. The fourth-order valence-corrected chi connectivity index (χ4v) is 3.86. The van der Waals surface area contributed by atoms with Gasteiger partial charge in [0.1, 0.15) is 15.8 Å². The third-order valence-corrected chi connectivity index (χ3v) is 4.97. The average molecular weight is 321 g/mol. The predicted octanol–water partition coefficient (Wildman–Crippen LogP) is 5.26. The molecular formula is C15H13ClN2S2. The van der Waals surface area contributed by atoms with Crippen LogP contribution in [0.1, 0.15) is 12.7 Å². The van der Waals surface area contributed by atoms with E-state index in [1.807, 2.05) is 18.2 Å². The minimum absolute atomic E-state index is 0.557. The van der Waals surface area contributed by atoms with Crippen LogP contribution in [-0.4, -0.2) is 15.7 Å². The zero-order valence-corrected chi connectivity index (χ0v) is 13.4. The van der Waals surface area contributed by atoms with Crippen LogP contribution in [0.5, 0.6) is 0 Å². The number of benzene rings is 1. The van der Waals surface area contributed by atoms with E-state index >= 15 is 0 Å². The van der Waals surface area contributed by atoms with E-state index in [0.29, 0.717) is 5.15 Å². The lowest BCUT2D eigenvalue weighted by Crippen LogP contribution is -1.93. The van der Waals surface area contributed by atoms with Crippen LogP contribution in [0, 0.1) is 0 Å². The maximum absolute atomic E-state index is 6.38. The molecule has 0 spiro atoms.